The molecule has 5 heteroatoms. The van der Waals surface area contributed by atoms with E-state index in [1.165, 1.54) is 0 Å². The lowest BCUT2D eigenvalue weighted by Gasteiger charge is -2.38. The Labute approximate surface area is 182 Å². The standard InChI is InChI=1S/C25H25ClN4/c1-8-20-23-15(3)21(27-19-11-9-18(26)10-12-19)13-14(2)22(23)24-16(4)29(6)17(5)30(7)25(24)28-20/h9-13,27H,2-5,8H2,1,6-7H3. The predicted molar refractivity (Wildman–Crippen MR) is 130 cm³/mol. The van der Waals surface area contributed by atoms with E-state index in [0.29, 0.717) is 5.02 Å². The zero-order valence-electron chi connectivity index (χ0n) is 17.6. The molecule has 0 fully saturated rings. The number of nitrogens with one attached hydrogen (secondary N) is 1. The van der Waals surface area contributed by atoms with E-state index in [1.54, 1.807) is 0 Å². The Kier molecular flexibility index (Phi) is 4.83. The average molecular weight is 417 g/mol. The van der Waals surface area contributed by atoms with Crippen LogP contribution in [0.2, 0.25) is 5.02 Å². The van der Waals surface area contributed by atoms with Gasteiger partial charge in [0.1, 0.15) is 11.6 Å². The van der Waals surface area contributed by atoms with Gasteiger partial charge in [-0.05, 0) is 42.0 Å². The van der Waals surface area contributed by atoms with Crippen molar-refractivity contribution in [2.45, 2.75) is 13.3 Å². The first kappa shape index (κ1) is 20.0. The molecule has 2 aromatic carbocycles. The minimum atomic E-state index is 0.698. The van der Waals surface area contributed by atoms with Crippen molar-refractivity contribution >= 4 is 58.4 Å². The smallest absolute Gasteiger partial charge is 0.144 e. The molecular formula is C25H25ClN4. The van der Waals surface area contributed by atoms with Gasteiger partial charge in [0.15, 0.2) is 0 Å². The fourth-order valence-corrected chi connectivity index (χ4v) is 4.10. The van der Waals surface area contributed by atoms with Gasteiger partial charge in [-0.25, -0.2) is 4.98 Å². The minimum absolute atomic E-state index is 0.698. The van der Waals surface area contributed by atoms with Gasteiger partial charge in [-0.3, -0.25) is 0 Å². The number of rotatable bonds is 3. The number of nitrogens with zero attached hydrogens (tertiary/aromatic N) is 3. The number of anilines is 3. The van der Waals surface area contributed by atoms with Crippen LogP contribution in [0, 0.1) is 0 Å². The Morgan fingerprint density at radius 2 is 1.67 bits per heavy atom. The first-order chi connectivity index (χ1) is 14.2. The predicted octanol–water partition coefficient (Wildman–Crippen LogP) is 4.84. The average Bonchev–Trinajstić information content (AvgIpc) is 2.74. The third-order valence-corrected chi connectivity index (χ3v) is 6.02. The molecule has 1 N–H and O–H groups in total. The number of hydrogen-bond donors (Lipinski definition) is 1. The van der Waals surface area contributed by atoms with Crippen LogP contribution in [0.15, 0.2) is 49.3 Å². The highest BCUT2D eigenvalue weighted by Gasteiger charge is 2.29. The summed E-state index contributed by atoms with van der Waals surface area (Å²) in [5.74, 6) is 1.69. The van der Waals surface area contributed by atoms with Crippen molar-refractivity contribution in [3.8, 4) is 0 Å². The van der Waals surface area contributed by atoms with Crippen molar-refractivity contribution in [3.05, 3.63) is 76.0 Å². The first-order valence-corrected chi connectivity index (χ1v) is 10.2. The summed E-state index contributed by atoms with van der Waals surface area (Å²) in [4.78, 5) is 8.99. The highest BCUT2D eigenvalue weighted by molar-refractivity contribution is 6.30. The van der Waals surface area contributed by atoms with E-state index >= 15 is 0 Å². The van der Waals surface area contributed by atoms with Crippen molar-refractivity contribution < 1.29 is 0 Å². The molecule has 0 saturated carbocycles. The topological polar surface area (TPSA) is 31.4 Å². The van der Waals surface area contributed by atoms with Crippen molar-refractivity contribution in [2.75, 3.05) is 24.3 Å². The molecule has 0 spiro atoms. The molecular weight excluding hydrogens is 392 g/mol. The summed E-state index contributed by atoms with van der Waals surface area (Å²) in [5, 5.41) is 8.01. The Morgan fingerprint density at radius 1 is 1.00 bits per heavy atom. The molecule has 0 aliphatic carbocycles. The number of halogens is 1. The van der Waals surface area contributed by atoms with E-state index < -0.39 is 0 Å². The molecule has 152 valence electrons. The molecule has 0 saturated heterocycles. The summed E-state index contributed by atoms with van der Waals surface area (Å²) in [6.07, 6.45) is 0.777. The normalized spacial score (nSPS) is 13.7. The van der Waals surface area contributed by atoms with Crippen molar-refractivity contribution in [3.63, 3.8) is 0 Å². The fourth-order valence-electron chi connectivity index (χ4n) is 3.98. The third kappa shape index (κ3) is 2.96. The molecule has 0 bridgehead atoms. The number of aryl methyl sites for hydroxylation is 1. The Morgan fingerprint density at radius 3 is 2.30 bits per heavy atom. The summed E-state index contributed by atoms with van der Waals surface area (Å²) >= 11 is 6.02. The highest BCUT2D eigenvalue weighted by Crippen LogP contribution is 2.39. The monoisotopic (exact) mass is 416 g/mol. The summed E-state index contributed by atoms with van der Waals surface area (Å²) in [6, 6.07) is 9.64. The number of pyridine rings is 1. The summed E-state index contributed by atoms with van der Waals surface area (Å²) in [6.45, 7) is 19.4. The van der Waals surface area contributed by atoms with Crippen LogP contribution in [0.25, 0.3) is 29.6 Å². The molecule has 30 heavy (non-hydrogen) atoms. The van der Waals surface area contributed by atoms with Gasteiger partial charge in [0.25, 0.3) is 0 Å². The second-order valence-electron chi connectivity index (χ2n) is 7.54. The van der Waals surface area contributed by atoms with Gasteiger partial charge in [-0.1, -0.05) is 44.8 Å². The Bertz CT molecular complexity index is 1310. The third-order valence-electron chi connectivity index (χ3n) is 5.76. The second-order valence-corrected chi connectivity index (χ2v) is 7.97. The maximum Gasteiger partial charge on any atom is 0.144 e. The van der Waals surface area contributed by atoms with Crippen LogP contribution >= 0.6 is 11.6 Å². The van der Waals surface area contributed by atoms with Gasteiger partial charge in [0.05, 0.1) is 5.69 Å². The molecule has 1 aliphatic heterocycles. The molecule has 4 nitrogen and oxygen atoms in total. The number of benzene rings is 2. The highest BCUT2D eigenvalue weighted by atomic mass is 35.5. The quantitative estimate of drug-likeness (QED) is 0.662. The van der Waals surface area contributed by atoms with Gasteiger partial charge < -0.3 is 15.1 Å². The molecule has 0 radical (unpaired) electrons. The van der Waals surface area contributed by atoms with E-state index in [9.17, 15) is 0 Å². The molecule has 1 aromatic heterocycles. The Hall–Kier alpha value is -3.24. The zero-order chi connectivity index (χ0) is 21.7. The molecule has 3 aromatic rings. The van der Waals surface area contributed by atoms with Crippen LogP contribution in [0.4, 0.5) is 17.2 Å². The molecule has 4 rings (SSSR count). The Balaban J connectivity index is 2.03. The van der Waals surface area contributed by atoms with E-state index in [1.807, 2.05) is 54.2 Å². The van der Waals surface area contributed by atoms with Crippen LogP contribution in [0.1, 0.15) is 18.2 Å². The summed E-state index contributed by atoms with van der Waals surface area (Å²) in [7, 11) is 3.95. The van der Waals surface area contributed by atoms with Crippen molar-refractivity contribution in [1.82, 2.24) is 9.88 Å². The van der Waals surface area contributed by atoms with Crippen LogP contribution < -0.4 is 20.7 Å². The first-order valence-electron chi connectivity index (χ1n) is 9.80. The molecule has 0 amide bonds. The maximum absolute atomic E-state index is 6.02. The van der Waals surface area contributed by atoms with Gasteiger partial charge in [-0.15, -0.1) is 0 Å². The summed E-state index contributed by atoms with van der Waals surface area (Å²) in [5.41, 5.74) is 4.66. The maximum atomic E-state index is 6.02. The van der Waals surface area contributed by atoms with Crippen LogP contribution in [-0.4, -0.2) is 24.0 Å². The van der Waals surface area contributed by atoms with Crippen LogP contribution in [0.3, 0.4) is 0 Å². The molecule has 1 aliphatic rings. The van der Waals surface area contributed by atoms with Gasteiger partial charge in [0.2, 0.25) is 0 Å². The second kappa shape index (κ2) is 7.22. The lowest BCUT2D eigenvalue weighted by molar-refractivity contribution is 0.564. The molecule has 0 atom stereocenters. The van der Waals surface area contributed by atoms with Crippen molar-refractivity contribution in [2.24, 2.45) is 0 Å². The zero-order valence-corrected chi connectivity index (χ0v) is 18.4. The summed E-state index contributed by atoms with van der Waals surface area (Å²) < 4.78 is 0. The van der Waals surface area contributed by atoms with Gasteiger partial charge >= 0.3 is 0 Å². The largest absolute Gasteiger partial charge is 0.355 e. The van der Waals surface area contributed by atoms with Gasteiger partial charge in [-0.2, -0.15) is 0 Å². The minimum Gasteiger partial charge on any atom is -0.355 e. The van der Waals surface area contributed by atoms with E-state index in [0.717, 1.165) is 67.6 Å². The lowest BCUT2D eigenvalue weighted by atomic mass is 9.95. The van der Waals surface area contributed by atoms with Crippen LogP contribution in [-0.2, 0) is 6.42 Å². The van der Waals surface area contributed by atoms with Crippen molar-refractivity contribution in [1.29, 1.82) is 0 Å². The van der Waals surface area contributed by atoms with Crippen LogP contribution in [0.5, 0.6) is 0 Å². The van der Waals surface area contributed by atoms with Gasteiger partial charge in [0, 0.05) is 57.7 Å². The number of aromatic nitrogens is 1. The number of fused-ring (bicyclic) bond motifs is 3. The number of hydrogen-bond acceptors (Lipinski definition) is 4. The van der Waals surface area contributed by atoms with E-state index in [2.05, 4.69) is 38.6 Å². The SMILES string of the molecule is C=C1c2c(nc(CC)c3c(=C)c(Nc4ccc(Cl)cc4)cc(=C)c23)N(C)C(=C)N1C. The lowest BCUT2D eigenvalue weighted by Crippen LogP contribution is -2.35. The van der Waals surface area contributed by atoms with E-state index in [-0.39, 0.29) is 0 Å². The van der Waals surface area contributed by atoms with E-state index in [4.69, 9.17) is 16.6 Å². The molecule has 0 unspecified atom stereocenters. The fraction of sp³-hybridized carbons (Fsp3) is 0.160. The molecule has 2 heterocycles.